The molecule has 2 unspecified atom stereocenters. The summed E-state index contributed by atoms with van der Waals surface area (Å²) in [4.78, 5) is 0. The molecule has 2 N–H and O–H groups in total. The maximum atomic E-state index is 13.3. The molecule has 13 heavy (non-hydrogen) atoms. The van der Waals surface area contributed by atoms with Crippen molar-refractivity contribution in [3.8, 4) is 0 Å². The molecule has 0 bridgehead atoms. The third kappa shape index (κ3) is 1.30. The molecule has 0 heterocycles. The lowest BCUT2D eigenvalue weighted by Crippen LogP contribution is -2.14. The van der Waals surface area contributed by atoms with Gasteiger partial charge in [0.05, 0.1) is 0 Å². The molecule has 0 saturated carbocycles. The molecule has 0 amide bonds. The van der Waals surface area contributed by atoms with Crippen LogP contribution in [0.2, 0.25) is 0 Å². The molecule has 1 nitrogen and oxygen atoms in total. The molecule has 0 radical (unpaired) electrons. The van der Waals surface area contributed by atoms with Gasteiger partial charge in [0, 0.05) is 10.5 Å². The van der Waals surface area contributed by atoms with Gasteiger partial charge in [-0.3, -0.25) is 0 Å². The number of halogens is 2. The van der Waals surface area contributed by atoms with Crippen LogP contribution in [0.5, 0.6) is 0 Å². The molecule has 2 atom stereocenters. The van der Waals surface area contributed by atoms with Gasteiger partial charge in [-0.2, -0.15) is 0 Å². The highest BCUT2D eigenvalue weighted by molar-refractivity contribution is 9.10. The van der Waals surface area contributed by atoms with E-state index in [1.807, 2.05) is 0 Å². The maximum Gasteiger partial charge on any atom is 0.126 e. The number of benzene rings is 1. The molecule has 1 aliphatic rings. The monoisotopic (exact) mass is 243 g/mol. The van der Waals surface area contributed by atoms with Gasteiger partial charge in [-0.25, -0.2) is 4.39 Å². The molecule has 0 fully saturated rings. The predicted octanol–water partition coefficient (Wildman–Crippen LogP) is 2.78. The van der Waals surface area contributed by atoms with Crippen molar-refractivity contribution in [3.63, 3.8) is 0 Å². The van der Waals surface area contributed by atoms with E-state index in [4.69, 9.17) is 5.73 Å². The fourth-order valence-corrected chi connectivity index (χ4v) is 2.55. The second-order valence-electron chi connectivity index (χ2n) is 3.63. The summed E-state index contributed by atoms with van der Waals surface area (Å²) in [6, 6.07) is 3.19. The first-order valence-corrected chi connectivity index (χ1v) is 5.13. The van der Waals surface area contributed by atoms with Gasteiger partial charge in [-0.1, -0.05) is 22.9 Å². The Bertz CT molecular complexity index is 351. The van der Waals surface area contributed by atoms with E-state index in [0.29, 0.717) is 5.92 Å². The third-order valence-electron chi connectivity index (χ3n) is 2.72. The number of fused-ring (bicyclic) bond motifs is 1. The van der Waals surface area contributed by atoms with E-state index >= 15 is 0 Å². The minimum Gasteiger partial charge on any atom is -0.324 e. The summed E-state index contributed by atoms with van der Waals surface area (Å²) >= 11 is 3.40. The predicted molar refractivity (Wildman–Crippen MR) is 53.9 cm³/mol. The van der Waals surface area contributed by atoms with Crippen LogP contribution < -0.4 is 5.73 Å². The van der Waals surface area contributed by atoms with E-state index in [1.165, 1.54) is 6.07 Å². The minimum atomic E-state index is -0.127. The Balaban J connectivity index is 2.61. The van der Waals surface area contributed by atoms with E-state index in [1.54, 1.807) is 6.07 Å². The Kier molecular flexibility index (Phi) is 2.16. The maximum absolute atomic E-state index is 13.3. The molecular weight excluding hydrogens is 233 g/mol. The molecule has 0 aliphatic heterocycles. The number of nitrogens with two attached hydrogens (primary N) is 1. The molecule has 2 rings (SSSR count). The van der Waals surface area contributed by atoms with Gasteiger partial charge >= 0.3 is 0 Å². The minimum absolute atomic E-state index is 0.0277. The largest absolute Gasteiger partial charge is 0.324 e. The number of hydrogen-bond donors (Lipinski definition) is 1. The van der Waals surface area contributed by atoms with Crippen LogP contribution >= 0.6 is 15.9 Å². The Morgan fingerprint density at radius 2 is 2.23 bits per heavy atom. The zero-order chi connectivity index (χ0) is 9.59. The first-order valence-electron chi connectivity index (χ1n) is 4.33. The van der Waals surface area contributed by atoms with Gasteiger partial charge in [0.2, 0.25) is 0 Å². The molecule has 70 valence electrons. The van der Waals surface area contributed by atoms with Crippen molar-refractivity contribution in [3.05, 3.63) is 33.5 Å². The average molecular weight is 244 g/mol. The van der Waals surface area contributed by atoms with Gasteiger partial charge in [0.25, 0.3) is 0 Å². The van der Waals surface area contributed by atoms with Crippen LogP contribution in [0.15, 0.2) is 16.6 Å². The van der Waals surface area contributed by atoms with Crippen LogP contribution in [-0.4, -0.2) is 0 Å². The van der Waals surface area contributed by atoms with Crippen LogP contribution in [0.3, 0.4) is 0 Å². The summed E-state index contributed by atoms with van der Waals surface area (Å²) < 4.78 is 14.3. The van der Waals surface area contributed by atoms with Crippen molar-refractivity contribution in [2.24, 2.45) is 11.7 Å². The van der Waals surface area contributed by atoms with Crippen LogP contribution in [0.1, 0.15) is 24.1 Å². The SMILES string of the molecule is CC1Cc2c(F)ccc(Br)c2C1N. The van der Waals surface area contributed by atoms with Gasteiger partial charge in [0.15, 0.2) is 0 Å². The quantitative estimate of drug-likeness (QED) is 0.746. The molecule has 1 aromatic rings. The molecule has 0 aromatic heterocycles. The van der Waals surface area contributed by atoms with Crippen molar-refractivity contribution in [1.29, 1.82) is 0 Å². The molecule has 3 heteroatoms. The zero-order valence-corrected chi connectivity index (χ0v) is 8.94. The Labute approximate surface area is 85.3 Å². The third-order valence-corrected chi connectivity index (χ3v) is 3.41. The first-order chi connectivity index (χ1) is 6.11. The fourth-order valence-electron chi connectivity index (χ4n) is 1.91. The highest BCUT2D eigenvalue weighted by atomic mass is 79.9. The van der Waals surface area contributed by atoms with Gasteiger partial charge in [-0.15, -0.1) is 0 Å². The molecule has 1 aromatic carbocycles. The van der Waals surface area contributed by atoms with E-state index in [-0.39, 0.29) is 11.9 Å². The van der Waals surface area contributed by atoms with Gasteiger partial charge in [0.1, 0.15) is 5.82 Å². The lowest BCUT2D eigenvalue weighted by molar-refractivity contribution is 0.508. The summed E-state index contributed by atoms with van der Waals surface area (Å²) in [6.45, 7) is 2.05. The average Bonchev–Trinajstić information content (AvgIpc) is 2.38. The van der Waals surface area contributed by atoms with E-state index in [2.05, 4.69) is 22.9 Å². The van der Waals surface area contributed by atoms with Crippen LogP contribution in [0.4, 0.5) is 4.39 Å². The fraction of sp³-hybridized carbons (Fsp3) is 0.400. The van der Waals surface area contributed by atoms with Crippen LogP contribution in [0, 0.1) is 11.7 Å². The molecular formula is C10H11BrFN. The lowest BCUT2D eigenvalue weighted by atomic mass is 10.0. The normalized spacial score (nSPS) is 26.2. The van der Waals surface area contributed by atoms with Crippen molar-refractivity contribution in [1.82, 2.24) is 0 Å². The van der Waals surface area contributed by atoms with Gasteiger partial charge < -0.3 is 5.73 Å². The van der Waals surface area contributed by atoms with Crippen LogP contribution in [-0.2, 0) is 6.42 Å². The Morgan fingerprint density at radius 3 is 2.85 bits per heavy atom. The second-order valence-corrected chi connectivity index (χ2v) is 4.48. The van der Waals surface area contributed by atoms with E-state index < -0.39 is 0 Å². The van der Waals surface area contributed by atoms with Crippen molar-refractivity contribution < 1.29 is 4.39 Å². The summed E-state index contributed by atoms with van der Waals surface area (Å²) in [6.07, 6.45) is 0.752. The molecule has 0 spiro atoms. The Morgan fingerprint density at radius 1 is 1.54 bits per heavy atom. The zero-order valence-electron chi connectivity index (χ0n) is 7.35. The van der Waals surface area contributed by atoms with E-state index in [9.17, 15) is 4.39 Å². The highest BCUT2D eigenvalue weighted by Gasteiger charge is 2.30. The summed E-state index contributed by atoms with van der Waals surface area (Å²) in [7, 11) is 0. The topological polar surface area (TPSA) is 26.0 Å². The Hall–Kier alpha value is -0.410. The summed E-state index contributed by atoms with van der Waals surface area (Å²) in [5, 5.41) is 0. The molecule has 0 saturated heterocycles. The van der Waals surface area contributed by atoms with Crippen molar-refractivity contribution in [2.45, 2.75) is 19.4 Å². The second kappa shape index (κ2) is 3.07. The molecule has 1 aliphatic carbocycles. The highest BCUT2D eigenvalue weighted by Crippen LogP contribution is 2.39. The smallest absolute Gasteiger partial charge is 0.126 e. The van der Waals surface area contributed by atoms with Crippen LogP contribution in [0.25, 0.3) is 0 Å². The standard InChI is InChI=1S/C10H11BrFN/c1-5-4-6-8(12)3-2-7(11)9(6)10(5)13/h2-3,5,10H,4,13H2,1H3. The number of rotatable bonds is 0. The van der Waals surface area contributed by atoms with Gasteiger partial charge in [-0.05, 0) is 35.6 Å². The lowest BCUT2D eigenvalue weighted by Gasteiger charge is -2.11. The van der Waals surface area contributed by atoms with Crippen molar-refractivity contribution in [2.75, 3.05) is 0 Å². The van der Waals surface area contributed by atoms with E-state index in [0.717, 1.165) is 22.0 Å². The first kappa shape index (κ1) is 9.16. The number of hydrogen-bond acceptors (Lipinski definition) is 1. The van der Waals surface area contributed by atoms with Crippen molar-refractivity contribution >= 4 is 15.9 Å². The summed E-state index contributed by atoms with van der Waals surface area (Å²) in [5.74, 6) is 0.209. The summed E-state index contributed by atoms with van der Waals surface area (Å²) in [5.41, 5.74) is 7.70.